The Morgan fingerprint density at radius 1 is 0.841 bits per heavy atom. The highest BCUT2D eigenvalue weighted by Crippen LogP contribution is 2.35. The Labute approximate surface area is 258 Å². The first-order valence-corrected chi connectivity index (χ1v) is 15.6. The van der Waals surface area contributed by atoms with Crippen molar-refractivity contribution >= 4 is 17.8 Å². The fourth-order valence-corrected chi connectivity index (χ4v) is 5.95. The van der Waals surface area contributed by atoms with Crippen molar-refractivity contribution in [2.75, 3.05) is 19.7 Å². The number of aliphatic carboxylic acids is 1. The zero-order valence-electron chi connectivity index (χ0n) is 25.9. The third-order valence-electron chi connectivity index (χ3n) is 8.41. The molecule has 2 fully saturated rings. The summed E-state index contributed by atoms with van der Waals surface area (Å²) in [4.78, 5) is 37.5. The minimum atomic E-state index is -1.73. The van der Waals surface area contributed by atoms with Crippen molar-refractivity contribution in [2.45, 2.75) is 121 Å². The van der Waals surface area contributed by atoms with Crippen LogP contribution in [0.25, 0.3) is 0 Å². The lowest BCUT2D eigenvalue weighted by Gasteiger charge is -2.47. The lowest BCUT2D eigenvalue weighted by Crippen LogP contribution is -2.66. The number of aliphatic hydroxyl groups excluding tert-OH is 4. The Morgan fingerprint density at radius 3 is 2.18 bits per heavy atom. The van der Waals surface area contributed by atoms with Gasteiger partial charge in [-0.2, -0.15) is 0 Å². The highest BCUT2D eigenvalue weighted by atomic mass is 16.7. The van der Waals surface area contributed by atoms with Crippen LogP contribution < -0.4 is 10.6 Å². The van der Waals surface area contributed by atoms with E-state index in [2.05, 4.69) is 22.8 Å². The Morgan fingerprint density at radius 2 is 1.52 bits per heavy atom. The molecule has 3 aliphatic rings. The number of carbonyl (C=O) groups is 3. The minimum absolute atomic E-state index is 0.0192. The lowest BCUT2D eigenvalue weighted by atomic mass is 9.80. The molecule has 14 heteroatoms. The van der Waals surface area contributed by atoms with Crippen LogP contribution >= 0.6 is 0 Å². The quantitative estimate of drug-likeness (QED) is 0.107. The normalized spacial score (nSPS) is 37.2. The molecule has 3 rings (SSSR count). The van der Waals surface area contributed by atoms with Crippen LogP contribution in [0.2, 0.25) is 0 Å². The molecule has 252 valence electrons. The summed E-state index contributed by atoms with van der Waals surface area (Å²) < 4.78 is 22.7. The number of carbonyl (C=O) groups excluding carboxylic acids is 2. The van der Waals surface area contributed by atoms with Crippen LogP contribution in [-0.4, -0.2) is 124 Å². The summed E-state index contributed by atoms with van der Waals surface area (Å²) in [6.45, 7) is 6.90. The molecule has 1 aliphatic carbocycles. The smallest absolute Gasteiger partial charge is 0.335 e. The predicted octanol–water partition coefficient (Wildman–Crippen LogP) is -0.542. The average molecular weight is 631 g/mol. The summed E-state index contributed by atoms with van der Waals surface area (Å²) in [6, 6.07) is 0. The maximum Gasteiger partial charge on any atom is 0.335 e. The average Bonchev–Trinajstić information content (AvgIpc) is 2.94. The number of carboxylic acids is 1. The number of hydrogen-bond donors (Lipinski definition) is 7. The third kappa shape index (κ3) is 9.42. The van der Waals surface area contributed by atoms with E-state index >= 15 is 0 Å². The fraction of sp³-hybridized carbons (Fsp3) is 0.833. The molecule has 0 bridgehead atoms. The fourth-order valence-electron chi connectivity index (χ4n) is 5.95. The van der Waals surface area contributed by atoms with Crippen molar-refractivity contribution in [1.29, 1.82) is 0 Å². The highest BCUT2D eigenvalue weighted by Gasteiger charge is 2.54. The standard InChI is InChI=1S/C30H50N2O12/c1-15(2)19-20(34)23(37)30(44-26-22(36)21(35)24(16(3)4)42-27(26)29(39)40)43-25(19)28(38)32-13-12-31-18(33)14-41-17-10-8-6-5-7-9-11-17/h5-6,15-17,19-27,30,34-37H,7-14H2,1-4H3,(H,31,33)(H,32,38)(H,39,40)/b6-5+/t17-,19-,20+,21?,22-,23?,24-,25?,26-,27?,30-/m0/s1. The zero-order valence-corrected chi connectivity index (χ0v) is 25.9. The highest BCUT2D eigenvalue weighted by molar-refractivity contribution is 5.81. The number of aliphatic hydroxyl groups is 4. The maximum absolute atomic E-state index is 13.2. The van der Waals surface area contributed by atoms with Crippen LogP contribution in [0.1, 0.15) is 59.8 Å². The van der Waals surface area contributed by atoms with Crippen LogP contribution in [0, 0.1) is 17.8 Å². The van der Waals surface area contributed by atoms with E-state index in [9.17, 15) is 39.9 Å². The summed E-state index contributed by atoms with van der Waals surface area (Å²) >= 11 is 0. The molecule has 0 spiro atoms. The molecule has 2 amide bonds. The number of amides is 2. The molecule has 0 saturated carbocycles. The monoisotopic (exact) mass is 630 g/mol. The van der Waals surface area contributed by atoms with Crippen LogP contribution in [0.3, 0.4) is 0 Å². The van der Waals surface area contributed by atoms with Gasteiger partial charge in [-0.3, -0.25) is 9.59 Å². The molecule has 0 aromatic rings. The Hall–Kier alpha value is -2.17. The molecule has 2 saturated heterocycles. The van der Waals surface area contributed by atoms with Crippen molar-refractivity contribution < 1.29 is 58.9 Å². The predicted molar refractivity (Wildman–Crippen MR) is 155 cm³/mol. The summed E-state index contributed by atoms with van der Waals surface area (Å²) in [7, 11) is 0. The van der Waals surface area contributed by atoms with E-state index < -0.39 is 72.9 Å². The zero-order chi connectivity index (χ0) is 32.6. The maximum atomic E-state index is 13.2. The molecule has 0 aromatic heterocycles. The number of rotatable bonds is 12. The van der Waals surface area contributed by atoms with Crippen molar-refractivity contribution in [3.8, 4) is 0 Å². The first-order valence-electron chi connectivity index (χ1n) is 15.6. The van der Waals surface area contributed by atoms with Gasteiger partial charge in [0.05, 0.1) is 18.3 Å². The number of allylic oxidation sites excluding steroid dienone is 2. The topological polar surface area (TPSA) is 213 Å². The number of nitrogens with one attached hydrogen (secondary N) is 2. The molecule has 2 aliphatic heterocycles. The number of carboxylic acid groups (broad SMARTS) is 1. The SMILES string of the molecule is CC(C)[C@@H]1OC(C(=O)O)[C@@H](O[C@@H]2OC(C(=O)NCCNC(=O)CO[C@H]3CC/C=C/CCC3)[C@@H](C(C)C)[C@@H](O)C2O)[C@@H](O)C1O. The van der Waals surface area contributed by atoms with Crippen molar-refractivity contribution in [2.24, 2.45) is 17.8 Å². The third-order valence-corrected chi connectivity index (χ3v) is 8.41. The Kier molecular flexibility index (Phi) is 14.0. The summed E-state index contributed by atoms with van der Waals surface area (Å²) in [5.41, 5.74) is 0. The van der Waals surface area contributed by atoms with Crippen molar-refractivity contribution in [3.05, 3.63) is 12.2 Å². The van der Waals surface area contributed by atoms with Gasteiger partial charge in [-0.25, -0.2) is 4.79 Å². The van der Waals surface area contributed by atoms with Crippen LogP contribution in [-0.2, 0) is 33.3 Å². The van der Waals surface area contributed by atoms with E-state index in [4.69, 9.17) is 18.9 Å². The first kappa shape index (κ1) is 36.3. The van der Waals surface area contributed by atoms with Crippen molar-refractivity contribution in [1.82, 2.24) is 10.6 Å². The van der Waals surface area contributed by atoms with Crippen LogP contribution in [0.4, 0.5) is 0 Å². The van der Waals surface area contributed by atoms with E-state index in [-0.39, 0.29) is 43.5 Å². The second kappa shape index (κ2) is 16.9. The van der Waals surface area contributed by atoms with Gasteiger partial charge < -0.3 is 55.1 Å². The summed E-state index contributed by atoms with van der Waals surface area (Å²) in [6.07, 6.45) is -4.95. The minimum Gasteiger partial charge on any atom is -0.479 e. The van der Waals surface area contributed by atoms with Gasteiger partial charge in [0.2, 0.25) is 11.8 Å². The molecule has 14 nitrogen and oxygen atoms in total. The van der Waals surface area contributed by atoms with Gasteiger partial charge in [-0.15, -0.1) is 0 Å². The molecular weight excluding hydrogens is 580 g/mol. The molecule has 0 aromatic carbocycles. The molecular formula is C30H50N2O12. The van der Waals surface area contributed by atoms with E-state index in [0.717, 1.165) is 32.1 Å². The van der Waals surface area contributed by atoms with Gasteiger partial charge in [0.25, 0.3) is 0 Å². The van der Waals surface area contributed by atoms with E-state index in [1.54, 1.807) is 27.7 Å². The summed E-state index contributed by atoms with van der Waals surface area (Å²) in [5, 5.41) is 58.2. The van der Waals surface area contributed by atoms with Gasteiger partial charge in [0.1, 0.15) is 37.1 Å². The molecule has 4 unspecified atom stereocenters. The second-order valence-electron chi connectivity index (χ2n) is 12.5. The van der Waals surface area contributed by atoms with Gasteiger partial charge in [0.15, 0.2) is 12.4 Å². The molecule has 7 N–H and O–H groups in total. The largest absolute Gasteiger partial charge is 0.479 e. The van der Waals surface area contributed by atoms with Crippen molar-refractivity contribution in [3.63, 3.8) is 0 Å². The number of ether oxygens (including phenoxy) is 4. The molecule has 44 heavy (non-hydrogen) atoms. The van der Waals surface area contributed by atoms with Gasteiger partial charge >= 0.3 is 5.97 Å². The van der Waals surface area contributed by atoms with E-state index in [0.29, 0.717) is 0 Å². The van der Waals surface area contributed by atoms with Gasteiger partial charge in [-0.05, 0) is 43.9 Å². The van der Waals surface area contributed by atoms with Gasteiger partial charge in [0, 0.05) is 19.0 Å². The van der Waals surface area contributed by atoms with Crippen LogP contribution in [0.5, 0.6) is 0 Å². The van der Waals surface area contributed by atoms with E-state index in [1.807, 2.05) is 0 Å². The number of hydrogen-bond acceptors (Lipinski definition) is 11. The molecule has 2 heterocycles. The second-order valence-corrected chi connectivity index (χ2v) is 12.5. The Balaban J connectivity index is 1.58. The van der Waals surface area contributed by atoms with Gasteiger partial charge in [-0.1, -0.05) is 39.8 Å². The molecule has 11 atom stereocenters. The summed E-state index contributed by atoms with van der Waals surface area (Å²) in [5.74, 6) is -3.97. The van der Waals surface area contributed by atoms with Crippen LogP contribution in [0.15, 0.2) is 12.2 Å². The van der Waals surface area contributed by atoms with E-state index in [1.165, 1.54) is 0 Å². The lowest BCUT2D eigenvalue weighted by molar-refractivity contribution is -0.330. The first-order chi connectivity index (χ1) is 20.8. The Bertz CT molecular complexity index is 978. The molecule has 0 radical (unpaired) electrons.